The zero-order valence-corrected chi connectivity index (χ0v) is 17.5. The molecule has 0 aliphatic heterocycles. The number of nitrogen functional groups attached to an aromatic ring is 1. The summed E-state index contributed by atoms with van der Waals surface area (Å²) in [6.07, 6.45) is 3.24. The highest BCUT2D eigenvalue weighted by atomic mass is 32.1. The van der Waals surface area contributed by atoms with Gasteiger partial charge in [0.05, 0.1) is 5.69 Å². The molecule has 0 atom stereocenters. The standard InChI is InChI=1S/C25H21N3O2S/c26-21-11-9-20(10-12-21)23-17-31-25(27-23)28-24(29)15-8-18-6-13-22(14-7-18)30-16-19-4-2-1-3-5-19/h1-15,17H,16,26H2,(H,27,28,29)/b15-8+. The van der Waals surface area contributed by atoms with E-state index in [9.17, 15) is 4.79 Å². The Labute approximate surface area is 184 Å². The molecule has 1 aromatic heterocycles. The Morgan fingerprint density at radius 1 is 1.00 bits per heavy atom. The number of ether oxygens (including phenoxy) is 1. The third kappa shape index (κ3) is 5.81. The molecule has 0 spiro atoms. The molecule has 0 aliphatic carbocycles. The summed E-state index contributed by atoms with van der Waals surface area (Å²) in [7, 11) is 0. The topological polar surface area (TPSA) is 77.2 Å². The van der Waals surface area contributed by atoms with E-state index < -0.39 is 0 Å². The molecule has 0 bridgehead atoms. The number of rotatable bonds is 7. The molecule has 0 aliphatic rings. The largest absolute Gasteiger partial charge is 0.489 e. The Hall–Kier alpha value is -3.90. The number of aromatic nitrogens is 1. The summed E-state index contributed by atoms with van der Waals surface area (Å²) in [6.45, 7) is 0.518. The van der Waals surface area contributed by atoms with Crippen LogP contribution in [0.15, 0.2) is 90.3 Å². The van der Waals surface area contributed by atoms with Crippen molar-refractivity contribution in [3.05, 3.63) is 101 Å². The van der Waals surface area contributed by atoms with Crippen LogP contribution < -0.4 is 15.8 Å². The number of hydrogen-bond acceptors (Lipinski definition) is 5. The van der Waals surface area contributed by atoms with Crippen molar-refractivity contribution in [2.45, 2.75) is 6.61 Å². The first-order valence-corrected chi connectivity index (χ1v) is 10.6. The molecule has 5 nitrogen and oxygen atoms in total. The molecule has 3 N–H and O–H groups in total. The third-order valence-corrected chi connectivity index (χ3v) is 5.25. The lowest BCUT2D eigenvalue weighted by molar-refractivity contribution is -0.111. The predicted molar refractivity (Wildman–Crippen MR) is 127 cm³/mol. The van der Waals surface area contributed by atoms with Gasteiger partial charge in [-0.05, 0) is 41.5 Å². The average molecular weight is 428 g/mol. The molecule has 1 heterocycles. The average Bonchev–Trinajstić information content (AvgIpc) is 3.26. The first-order valence-electron chi connectivity index (χ1n) is 9.73. The summed E-state index contributed by atoms with van der Waals surface area (Å²) in [4.78, 5) is 16.7. The molecule has 6 heteroatoms. The summed E-state index contributed by atoms with van der Waals surface area (Å²) in [5.41, 5.74) is 10.2. The van der Waals surface area contributed by atoms with Crippen LogP contribution in [0.4, 0.5) is 10.8 Å². The van der Waals surface area contributed by atoms with Crippen molar-refractivity contribution < 1.29 is 9.53 Å². The van der Waals surface area contributed by atoms with E-state index in [-0.39, 0.29) is 5.91 Å². The number of anilines is 2. The number of amides is 1. The molecular weight excluding hydrogens is 406 g/mol. The maximum absolute atomic E-state index is 12.2. The number of thiazole rings is 1. The van der Waals surface area contributed by atoms with E-state index in [4.69, 9.17) is 10.5 Å². The SMILES string of the molecule is Nc1ccc(-c2csc(NC(=O)/C=C/c3ccc(OCc4ccccc4)cc3)n2)cc1. The van der Waals surface area contributed by atoms with Gasteiger partial charge in [-0.25, -0.2) is 4.98 Å². The van der Waals surface area contributed by atoms with Crippen molar-refractivity contribution >= 4 is 34.1 Å². The van der Waals surface area contributed by atoms with E-state index in [2.05, 4.69) is 10.3 Å². The molecule has 0 saturated heterocycles. The number of nitrogens with zero attached hydrogens (tertiary/aromatic N) is 1. The smallest absolute Gasteiger partial charge is 0.250 e. The van der Waals surface area contributed by atoms with Gasteiger partial charge in [0.1, 0.15) is 12.4 Å². The zero-order valence-electron chi connectivity index (χ0n) is 16.7. The summed E-state index contributed by atoms with van der Waals surface area (Å²) in [5, 5.41) is 5.24. The number of carbonyl (C=O) groups is 1. The molecular formula is C25H21N3O2S. The van der Waals surface area contributed by atoms with Gasteiger partial charge in [-0.15, -0.1) is 11.3 Å². The Kier molecular flexibility index (Phi) is 6.40. The highest BCUT2D eigenvalue weighted by Crippen LogP contribution is 2.25. The van der Waals surface area contributed by atoms with Crippen LogP contribution in [-0.4, -0.2) is 10.9 Å². The summed E-state index contributed by atoms with van der Waals surface area (Å²) < 4.78 is 5.78. The Morgan fingerprint density at radius 2 is 1.74 bits per heavy atom. The van der Waals surface area contributed by atoms with Crippen LogP contribution in [0.2, 0.25) is 0 Å². The molecule has 1 amide bonds. The van der Waals surface area contributed by atoms with E-state index in [1.807, 2.05) is 84.2 Å². The van der Waals surface area contributed by atoms with Gasteiger partial charge < -0.3 is 10.5 Å². The lowest BCUT2D eigenvalue weighted by Gasteiger charge is -2.06. The summed E-state index contributed by atoms with van der Waals surface area (Å²) in [5.74, 6) is 0.547. The number of benzene rings is 3. The maximum atomic E-state index is 12.2. The van der Waals surface area contributed by atoms with E-state index in [0.29, 0.717) is 17.4 Å². The van der Waals surface area contributed by atoms with Crippen molar-refractivity contribution in [2.75, 3.05) is 11.1 Å². The summed E-state index contributed by atoms with van der Waals surface area (Å²) >= 11 is 1.38. The fourth-order valence-corrected chi connectivity index (χ4v) is 3.58. The predicted octanol–water partition coefficient (Wildman–Crippen LogP) is 5.62. The number of carbonyl (C=O) groups excluding carboxylic acids is 1. The quantitative estimate of drug-likeness (QED) is 0.296. The molecule has 4 rings (SSSR count). The van der Waals surface area contributed by atoms with E-state index in [1.165, 1.54) is 17.4 Å². The van der Waals surface area contributed by atoms with E-state index >= 15 is 0 Å². The second kappa shape index (κ2) is 9.73. The van der Waals surface area contributed by atoms with Crippen LogP contribution in [0.25, 0.3) is 17.3 Å². The van der Waals surface area contributed by atoms with Gasteiger partial charge in [-0.2, -0.15) is 0 Å². The Bertz CT molecular complexity index is 1170. The van der Waals surface area contributed by atoms with Gasteiger partial charge in [0.15, 0.2) is 5.13 Å². The lowest BCUT2D eigenvalue weighted by atomic mass is 10.1. The highest BCUT2D eigenvalue weighted by Gasteiger charge is 2.06. The molecule has 0 unspecified atom stereocenters. The second-order valence-corrected chi connectivity index (χ2v) is 7.68. The van der Waals surface area contributed by atoms with Crippen LogP contribution in [0.5, 0.6) is 5.75 Å². The van der Waals surface area contributed by atoms with Crippen molar-refractivity contribution in [1.82, 2.24) is 4.98 Å². The molecule has 3 aromatic carbocycles. The highest BCUT2D eigenvalue weighted by molar-refractivity contribution is 7.14. The van der Waals surface area contributed by atoms with Crippen molar-refractivity contribution in [3.63, 3.8) is 0 Å². The Balaban J connectivity index is 1.30. The first kappa shape index (κ1) is 20.4. The van der Waals surface area contributed by atoms with Crippen molar-refractivity contribution in [3.8, 4) is 17.0 Å². The van der Waals surface area contributed by atoms with E-state index in [1.54, 1.807) is 6.08 Å². The zero-order chi connectivity index (χ0) is 21.5. The monoisotopic (exact) mass is 427 g/mol. The van der Waals surface area contributed by atoms with Crippen molar-refractivity contribution in [2.24, 2.45) is 0 Å². The van der Waals surface area contributed by atoms with E-state index in [0.717, 1.165) is 28.1 Å². The number of hydrogen-bond donors (Lipinski definition) is 2. The number of nitrogens with two attached hydrogens (primary N) is 1. The first-order chi connectivity index (χ1) is 15.2. The molecule has 4 aromatic rings. The second-order valence-electron chi connectivity index (χ2n) is 6.83. The van der Waals surface area contributed by atoms with Crippen molar-refractivity contribution in [1.29, 1.82) is 0 Å². The fraction of sp³-hybridized carbons (Fsp3) is 0.0400. The molecule has 0 saturated carbocycles. The van der Waals surface area contributed by atoms with Crippen LogP contribution in [0.3, 0.4) is 0 Å². The minimum Gasteiger partial charge on any atom is -0.489 e. The summed E-state index contributed by atoms with van der Waals surface area (Å²) in [6, 6.07) is 25.1. The minimum atomic E-state index is -0.234. The maximum Gasteiger partial charge on any atom is 0.250 e. The fourth-order valence-electron chi connectivity index (χ4n) is 2.85. The van der Waals surface area contributed by atoms with Gasteiger partial charge >= 0.3 is 0 Å². The minimum absolute atomic E-state index is 0.234. The lowest BCUT2D eigenvalue weighted by Crippen LogP contribution is -2.07. The molecule has 0 radical (unpaired) electrons. The van der Waals surface area contributed by atoms with Gasteiger partial charge in [-0.3, -0.25) is 10.1 Å². The van der Waals surface area contributed by atoms with Gasteiger partial charge in [-0.1, -0.05) is 54.6 Å². The normalized spacial score (nSPS) is 10.8. The van der Waals surface area contributed by atoms with Gasteiger partial charge in [0, 0.05) is 22.7 Å². The molecule has 0 fully saturated rings. The third-order valence-electron chi connectivity index (χ3n) is 4.50. The van der Waals surface area contributed by atoms with Crippen LogP contribution in [0.1, 0.15) is 11.1 Å². The number of nitrogens with one attached hydrogen (secondary N) is 1. The molecule has 31 heavy (non-hydrogen) atoms. The van der Waals surface area contributed by atoms with Crippen LogP contribution in [-0.2, 0) is 11.4 Å². The Morgan fingerprint density at radius 3 is 2.48 bits per heavy atom. The van der Waals surface area contributed by atoms with Gasteiger partial charge in [0.2, 0.25) is 5.91 Å². The van der Waals surface area contributed by atoms with Crippen LogP contribution >= 0.6 is 11.3 Å². The molecule has 154 valence electrons. The van der Waals surface area contributed by atoms with Crippen LogP contribution in [0, 0.1) is 0 Å². The van der Waals surface area contributed by atoms with Gasteiger partial charge in [0.25, 0.3) is 0 Å².